The third-order valence-corrected chi connectivity index (χ3v) is 5.31. The molecule has 1 fully saturated rings. The predicted molar refractivity (Wildman–Crippen MR) is 89.3 cm³/mol. The number of imidazole rings is 1. The summed E-state index contributed by atoms with van der Waals surface area (Å²) in [6.07, 6.45) is 5.47. The fourth-order valence-electron chi connectivity index (χ4n) is 3.24. The molecule has 1 atom stereocenters. The summed E-state index contributed by atoms with van der Waals surface area (Å²) in [5.41, 5.74) is 2.02. The van der Waals surface area contributed by atoms with E-state index in [2.05, 4.69) is 9.55 Å². The number of fused-ring (bicyclic) bond motifs is 1. The first-order valence-electron chi connectivity index (χ1n) is 8.44. The SMILES string of the molecule is CCOC[C@H]1CN(C(=O)CS(C)(=O)=O)Cc2ncn(CC3CC3)c21. The normalized spacial score (nSPS) is 20.9. The van der Waals surface area contributed by atoms with Gasteiger partial charge in [0.05, 0.1) is 25.2 Å². The fourth-order valence-corrected chi connectivity index (χ4v) is 3.88. The molecule has 134 valence electrons. The molecule has 0 bridgehead atoms. The Morgan fingerprint density at radius 2 is 2.17 bits per heavy atom. The van der Waals surface area contributed by atoms with Gasteiger partial charge in [-0.25, -0.2) is 13.4 Å². The smallest absolute Gasteiger partial charge is 0.238 e. The van der Waals surface area contributed by atoms with Gasteiger partial charge in [-0.2, -0.15) is 0 Å². The van der Waals surface area contributed by atoms with Crippen molar-refractivity contribution in [1.29, 1.82) is 0 Å². The minimum atomic E-state index is -3.33. The van der Waals surface area contributed by atoms with Crippen LogP contribution in [-0.4, -0.2) is 60.5 Å². The summed E-state index contributed by atoms with van der Waals surface area (Å²) >= 11 is 0. The van der Waals surface area contributed by atoms with E-state index >= 15 is 0 Å². The van der Waals surface area contributed by atoms with Crippen LogP contribution in [0.5, 0.6) is 0 Å². The summed E-state index contributed by atoms with van der Waals surface area (Å²) in [4.78, 5) is 18.4. The van der Waals surface area contributed by atoms with E-state index in [1.54, 1.807) is 4.90 Å². The molecule has 8 heteroatoms. The highest BCUT2D eigenvalue weighted by atomic mass is 32.2. The van der Waals surface area contributed by atoms with Crippen molar-refractivity contribution in [3.8, 4) is 0 Å². The predicted octanol–water partition coefficient (Wildman–Crippen LogP) is 0.800. The lowest BCUT2D eigenvalue weighted by Gasteiger charge is -2.33. The van der Waals surface area contributed by atoms with Crippen LogP contribution >= 0.6 is 0 Å². The number of hydrogen-bond acceptors (Lipinski definition) is 5. The van der Waals surface area contributed by atoms with Gasteiger partial charge in [-0.15, -0.1) is 0 Å². The molecule has 24 heavy (non-hydrogen) atoms. The van der Waals surface area contributed by atoms with E-state index in [-0.39, 0.29) is 11.8 Å². The zero-order chi connectivity index (χ0) is 17.3. The largest absolute Gasteiger partial charge is 0.381 e. The summed E-state index contributed by atoms with van der Waals surface area (Å²) in [6, 6.07) is 0. The Balaban J connectivity index is 1.80. The molecule has 0 radical (unpaired) electrons. The number of aromatic nitrogens is 2. The average molecular weight is 355 g/mol. The van der Waals surface area contributed by atoms with Gasteiger partial charge in [0.1, 0.15) is 5.75 Å². The number of carbonyl (C=O) groups excluding carboxylic acids is 1. The van der Waals surface area contributed by atoms with Gasteiger partial charge in [0, 0.05) is 37.6 Å². The third kappa shape index (κ3) is 4.16. The summed E-state index contributed by atoms with van der Waals surface area (Å²) in [5, 5.41) is 0. The second-order valence-corrected chi connectivity index (χ2v) is 9.01. The molecular weight excluding hydrogens is 330 g/mol. The van der Waals surface area contributed by atoms with E-state index in [1.807, 2.05) is 13.3 Å². The number of nitrogens with zero attached hydrogens (tertiary/aromatic N) is 3. The molecular formula is C16H25N3O4S. The standard InChI is InChI=1S/C16H25N3O4S/c1-3-23-9-13-7-18(15(20)10-24(2,21)22)8-14-16(13)19(11-17-14)6-12-4-5-12/h11-13H,3-10H2,1-2H3/t13-/m1/s1. The average Bonchev–Trinajstić information content (AvgIpc) is 3.22. The number of amides is 1. The van der Waals surface area contributed by atoms with Gasteiger partial charge >= 0.3 is 0 Å². The molecule has 0 unspecified atom stereocenters. The van der Waals surface area contributed by atoms with Crippen molar-refractivity contribution < 1.29 is 17.9 Å². The lowest BCUT2D eigenvalue weighted by atomic mass is 9.98. The zero-order valence-corrected chi connectivity index (χ0v) is 15.1. The topological polar surface area (TPSA) is 81.5 Å². The van der Waals surface area contributed by atoms with Crippen molar-refractivity contribution in [3.63, 3.8) is 0 Å². The molecule has 3 rings (SSSR count). The van der Waals surface area contributed by atoms with Crippen LogP contribution in [0.4, 0.5) is 0 Å². The maximum atomic E-state index is 12.3. The van der Waals surface area contributed by atoms with Crippen LogP contribution in [0.1, 0.15) is 37.1 Å². The van der Waals surface area contributed by atoms with Gasteiger partial charge < -0.3 is 14.2 Å². The van der Waals surface area contributed by atoms with E-state index in [9.17, 15) is 13.2 Å². The molecule has 0 N–H and O–H groups in total. The Bertz CT molecular complexity index is 709. The van der Waals surface area contributed by atoms with Gasteiger partial charge in [-0.3, -0.25) is 4.79 Å². The van der Waals surface area contributed by atoms with E-state index in [4.69, 9.17) is 4.74 Å². The van der Waals surface area contributed by atoms with E-state index in [1.165, 1.54) is 12.8 Å². The number of rotatable bonds is 7. The molecule has 0 saturated heterocycles. The first-order valence-corrected chi connectivity index (χ1v) is 10.5. The molecule has 1 aromatic heterocycles. The quantitative estimate of drug-likeness (QED) is 0.723. The van der Waals surface area contributed by atoms with Crippen molar-refractivity contribution >= 4 is 15.7 Å². The Morgan fingerprint density at radius 1 is 1.42 bits per heavy atom. The molecule has 1 aliphatic heterocycles. The molecule has 7 nitrogen and oxygen atoms in total. The Hall–Kier alpha value is -1.41. The molecule has 2 heterocycles. The van der Waals surface area contributed by atoms with E-state index in [0.717, 1.165) is 30.1 Å². The monoisotopic (exact) mass is 355 g/mol. The third-order valence-electron chi connectivity index (χ3n) is 4.54. The maximum Gasteiger partial charge on any atom is 0.238 e. The van der Waals surface area contributed by atoms with Crippen molar-refractivity contribution in [2.75, 3.05) is 31.8 Å². The van der Waals surface area contributed by atoms with Crippen LogP contribution in [0, 0.1) is 5.92 Å². The summed E-state index contributed by atoms with van der Waals surface area (Å²) < 4.78 is 30.7. The van der Waals surface area contributed by atoms with Crippen molar-refractivity contribution in [3.05, 3.63) is 17.7 Å². The molecule has 1 saturated carbocycles. The molecule has 1 amide bonds. The van der Waals surface area contributed by atoms with Crippen LogP contribution in [-0.2, 0) is 32.5 Å². The second kappa shape index (κ2) is 6.84. The van der Waals surface area contributed by atoms with Gasteiger partial charge in [-0.05, 0) is 25.7 Å². The number of ether oxygens (including phenoxy) is 1. The Morgan fingerprint density at radius 3 is 2.79 bits per heavy atom. The number of sulfone groups is 1. The molecule has 0 spiro atoms. The van der Waals surface area contributed by atoms with Gasteiger partial charge in [0.15, 0.2) is 9.84 Å². The number of hydrogen-bond donors (Lipinski definition) is 0. The molecule has 1 aliphatic carbocycles. The molecule has 2 aliphatic rings. The lowest BCUT2D eigenvalue weighted by Crippen LogP contribution is -2.42. The Labute approximate surface area is 142 Å². The van der Waals surface area contributed by atoms with Crippen LogP contribution in [0.2, 0.25) is 0 Å². The lowest BCUT2D eigenvalue weighted by molar-refractivity contribution is -0.130. The van der Waals surface area contributed by atoms with Crippen LogP contribution in [0.15, 0.2) is 6.33 Å². The summed E-state index contributed by atoms with van der Waals surface area (Å²) in [5.74, 6) is -0.0345. The summed E-state index contributed by atoms with van der Waals surface area (Å²) in [6.45, 7) is 4.91. The van der Waals surface area contributed by atoms with Gasteiger partial charge in [0.2, 0.25) is 5.91 Å². The zero-order valence-electron chi connectivity index (χ0n) is 14.3. The van der Waals surface area contributed by atoms with Gasteiger partial charge in [0.25, 0.3) is 0 Å². The highest BCUT2D eigenvalue weighted by molar-refractivity contribution is 7.91. The van der Waals surface area contributed by atoms with Crippen LogP contribution < -0.4 is 0 Å². The highest BCUT2D eigenvalue weighted by Gasteiger charge is 2.34. The Kier molecular flexibility index (Phi) is 4.96. The minimum Gasteiger partial charge on any atom is -0.381 e. The van der Waals surface area contributed by atoms with Gasteiger partial charge in [-0.1, -0.05) is 0 Å². The first kappa shape index (κ1) is 17.4. The minimum absolute atomic E-state index is 0.0402. The van der Waals surface area contributed by atoms with Crippen molar-refractivity contribution in [2.45, 2.75) is 38.8 Å². The number of carbonyl (C=O) groups is 1. The fraction of sp³-hybridized carbons (Fsp3) is 0.750. The molecule has 0 aromatic carbocycles. The van der Waals surface area contributed by atoms with Crippen molar-refractivity contribution in [1.82, 2.24) is 14.5 Å². The van der Waals surface area contributed by atoms with E-state index < -0.39 is 15.6 Å². The highest BCUT2D eigenvalue weighted by Crippen LogP contribution is 2.34. The first-order chi connectivity index (χ1) is 11.4. The maximum absolute atomic E-state index is 12.3. The van der Waals surface area contributed by atoms with E-state index in [0.29, 0.717) is 26.3 Å². The summed E-state index contributed by atoms with van der Waals surface area (Å²) in [7, 11) is -3.33. The van der Waals surface area contributed by atoms with Crippen LogP contribution in [0.3, 0.4) is 0 Å². The van der Waals surface area contributed by atoms with Crippen LogP contribution in [0.25, 0.3) is 0 Å². The van der Waals surface area contributed by atoms with Crippen molar-refractivity contribution in [2.24, 2.45) is 5.92 Å². The second-order valence-electron chi connectivity index (χ2n) is 6.87. The molecule has 1 aromatic rings.